The lowest BCUT2D eigenvalue weighted by molar-refractivity contribution is 0.0953. The number of carbonyl (C=O) groups excluding carboxylic acids is 1. The fraction of sp³-hybridized carbons (Fsp3) is 0.250. The van der Waals surface area contributed by atoms with Gasteiger partial charge in [0.15, 0.2) is 0 Å². The standard InChI is InChI=1S/C24H24N4O2S/c1-16-15-31-22(26-16)9-5-6-14-25-23(29)18-10-12-19(13-11-18)28-17(2)27-21-8-4-3-7-20(21)24(28)30/h3-4,7-8,10-13,15H,5-6,9,14H2,1-2H3,(H,25,29). The fourth-order valence-electron chi connectivity index (χ4n) is 3.53. The number of rotatable bonds is 7. The predicted molar refractivity (Wildman–Crippen MR) is 124 cm³/mol. The normalized spacial score (nSPS) is 11.0. The molecule has 158 valence electrons. The molecule has 6 nitrogen and oxygen atoms in total. The van der Waals surface area contributed by atoms with Gasteiger partial charge in [-0.2, -0.15) is 0 Å². The topological polar surface area (TPSA) is 76.9 Å². The maximum absolute atomic E-state index is 12.9. The van der Waals surface area contributed by atoms with Gasteiger partial charge in [0.2, 0.25) is 0 Å². The smallest absolute Gasteiger partial charge is 0.265 e. The highest BCUT2D eigenvalue weighted by atomic mass is 32.1. The quantitative estimate of drug-likeness (QED) is 0.444. The van der Waals surface area contributed by atoms with E-state index in [1.807, 2.05) is 32.0 Å². The second kappa shape index (κ2) is 9.22. The van der Waals surface area contributed by atoms with E-state index in [-0.39, 0.29) is 11.5 Å². The highest BCUT2D eigenvalue weighted by Gasteiger charge is 2.11. The van der Waals surface area contributed by atoms with Gasteiger partial charge in [0.1, 0.15) is 5.82 Å². The van der Waals surface area contributed by atoms with E-state index in [0.29, 0.717) is 34.5 Å². The fourth-order valence-corrected chi connectivity index (χ4v) is 4.35. The van der Waals surface area contributed by atoms with Crippen LogP contribution in [-0.4, -0.2) is 27.0 Å². The Labute approximate surface area is 184 Å². The lowest BCUT2D eigenvalue weighted by Crippen LogP contribution is -2.25. The van der Waals surface area contributed by atoms with Crippen molar-refractivity contribution in [2.75, 3.05) is 6.54 Å². The number of benzene rings is 2. The average Bonchev–Trinajstić information content (AvgIpc) is 3.19. The molecule has 31 heavy (non-hydrogen) atoms. The summed E-state index contributed by atoms with van der Waals surface area (Å²) in [6.07, 6.45) is 2.83. The highest BCUT2D eigenvalue weighted by Crippen LogP contribution is 2.14. The molecule has 0 unspecified atom stereocenters. The van der Waals surface area contributed by atoms with Crippen molar-refractivity contribution in [3.8, 4) is 5.69 Å². The molecule has 0 radical (unpaired) electrons. The van der Waals surface area contributed by atoms with Crippen LogP contribution in [-0.2, 0) is 6.42 Å². The van der Waals surface area contributed by atoms with Gasteiger partial charge in [-0.1, -0.05) is 12.1 Å². The molecule has 0 aliphatic carbocycles. The number of aryl methyl sites for hydroxylation is 3. The molecule has 1 N–H and O–H groups in total. The van der Waals surface area contributed by atoms with Gasteiger partial charge in [-0.25, -0.2) is 9.97 Å². The molecule has 0 bridgehead atoms. The van der Waals surface area contributed by atoms with Crippen molar-refractivity contribution >= 4 is 28.1 Å². The number of fused-ring (bicyclic) bond motifs is 1. The third kappa shape index (κ3) is 4.72. The molecule has 2 aromatic heterocycles. The van der Waals surface area contributed by atoms with Crippen molar-refractivity contribution in [3.05, 3.63) is 86.4 Å². The van der Waals surface area contributed by atoms with Crippen LogP contribution in [0, 0.1) is 13.8 Å². The van der Waals surface area contributed by atoms with Crippen molar-refractivity contribution in [1.82, 2.24) is 19.9 Å². The Morgan fingerprint density at radius 2 is 1.81 bits per heavy atom. The molecule has 7 heteroatoms. The zero-order valence-corrected chi connectivity index (χ0v) is 18.4. The van der Waals surface area contributed by atoms with E-state index in [1.165, 1.54) is 0 Å². The van der Waals surface area contributed by atoms with Crippen molar-refractivity contribution in [2.45, 2.75) is 33.1 Å². The van der Waals surface area contributed by atoms with E-state index in [1.54, 1.807) is 46.2 Å². The Bertz CT molecular complexity index is 1270. The van der Waals surface area contributed by atoms with Crippen molar-refractivity contribution < 1.29 is 4.79 Å². The molecule has 1 amide bonds. The summed E-state index contributed by atoms with van der Waals surface area (Å²) >= 11 is 1.69. The third-order valence-corrected chi connectivity index (χ3v) is 6.13. The molecule has 4 rings (SSSR count). The molecule has 0 aliphatic heterocycles. The minimum Gasteiger partial charge on any atom is -0.352 e. The number of nitrogens with one attached hydrogen (secondary N) is 1. The lowest BCUT2D eigenvalue weighted by Gasteiger charge is -2.11. The van der Waals surface area contributed by atoms with E-state index in [4.69, 9.17) is 0 Å². The van der Waals surface area contributed by atoms with Crippen LogP contribution in [0.15, 0.2) is 58.7 Å². The van der Waals surface area contributed by atoms with Gasteiger partial charge in [0, 0.05) is 23.2 Å². The zero-order valence-electron chi connectivity index (χ0n) is 17.6. The third-order valence-electron chi connectivity index (χ3n) is 5.10. The van der Waals surface area contributed by atoms with E-state index in [0.717, 1.165) is 30.0 Å². The number of thiazole rings is 1. The number of unbranched alkanes of at least 4 members (excludes halogenated alkanes) is 1. The van der Waals surface area contributed by atoms with Crippen LogP contribution < -0.4 is 10.9 Å². The van der Waals surface area contributed by atoms with Crippen molar-refractivity contribution in [1.29, 1.82) is 0 Å². The van der Waals surface area contributed by atoms with Crippen LogP contribution in [0.2, 0.25) is 0 Å². The maximum Gasteiger partial charge on any atom is 0.265 e. The minimum absolute atomic E-state index is 0.114. The molecule has 0 atom stereocenters. The predicted octanol–water partition coefficient (Wildman–Crippen LogP) is 4.21. The number of hydrogen-bond donors (Lipinski definition) is 1. The van der Waals surface area contributed by atoms with Gasteiger partial charge in [0.25, 0.3) is 11.5 Å². The SMILES string of the molecule is Cc1csc(CCCCNC(=O)c2ccc(-n3c(C)nc4ccccc4c3=O)cc2)n1. The Morgan fingerprint density at radius 3 is 2.55 bits per heavy atom. The van der Waals surface area contributed by atoms with Gasteiger partial charge >= 0.3 is 0 Å². The number of nitrogens with zero attached hydrogens (tertiary/aromatic N) is 3. The average molecular weight is 433 g/mol. The molecular weight excluding hydrogens is 408 g/mol. The van der Waals surface area contributed by atoms with E-state index in [9.17, 15) is 9.59 Å². The highest BCUT2D eigenvalue weighted by molar-refractivity contribution is 7.09. The summed E-state index contributed by atoms with van der Waals surface area (Å²) < 4.78 is 1.57. The lowest BCUT2D eigenvalue weighted by atomic mass is 10.1. The number of amides is 1. The van der Waals surface area contributed by atoms with Gasteiger partial charge in [-0.3, -0.25) is 14.2 Å². The Kier molecular flexibility index (Phi) is 6.23. The first kappa shape index (κ1) is 20.9. The van der Waals surface area contributed by atoms with Gasteiger partial charge in [-0.05, 0) is 69.5 Å². The Balaban J connectivity index is 1.38. The minimum atomic E-state index is -0.115. The molecule has 0 saturated heterocycles. The van der Waals surface area contributed by atoms with Crippen LogP contribution in [0.4, 0.5) is 0 Å². The molecule has 0 spiro atoms. The molecule has 4 aromatic rings. The summed E-state index contributed by atoms with van der Waals surface area (Å²) in [4.78, 5) is 34.3. The van der Waals surface area contributed by atoms with Crippen LogP contribution in [0.25, 0.3) is 16.6 Å². The Hall–Kier alpha value is -3.32. The summed E-state index contributed by atoms with van der Waals surface area (Å²) in [5, 5.41) is 6.74. The van der Waals surface area contributed by atoms with E-state index >= 15 is 0 Å². The Morgan fingerprint density at radius 1 is 1.03 bits per heavy atom. The summed E-state index contributed by atoms with van der Waals surface area (Å²) in [5.41, 5.74) is 2.89. The first-order valence-corrected chi connectivity index (χ1v) is 11.2. The largest absolute Gasteiger partial charge is 0.352 e. The zero-order chi connectivity index (χ0) is 21.8. The number of hydrogen-bond acceptors (Lipinski definition) is 5. The number of para-hydroxylation sites is 1. The molecule has 2 heterocycles. The second-order valence-corrected chi connectivity index (χ2v) is 8.40. The maximum atomic E-state index is 12.9. The first-order valence-electron chi connectivity index (χ1n) is 10.3. The van der Waals surface area contributed by atoms with Crippen LogP contribution in [0.5, 0.6) is 0 Å². The van der Waals surface area contributed by atoms with Crippen LogP contribution in [0.3, 0.4) is 0 Å². The van der Waals surface area contributed by atoms with Gasteiger partial charge in [0.05, 0.1) is 21.6 Å². The van der Waals surface area contributed by atoms with Crippen LogP contribution >= 0.6 is 11.3 Å². The summed E-state index contributed by atoms with van der Waals surface area (Å²) in [5.74, 6) is 0.494. The van der Waals surface area contributed by atoms with Gasteiger partial charge < -0.3 is 5.32 Å². The summed E-state index contributed by atoms with van der Waals surface area (Å²) in [6.45, 7) is 4.43. The van der Waals surface area contributed by atoms with Crippen molar-refractivity contribution in [3.63, 3.8) is 0 Å². The molecule has 0 aliphatic rings. The molecule has 0 saturated carbocycles. The first-order chi connectivity index (χ1) is 15.0. The monoisotopic (exact) mass is 432 g/mol. The molecular formula is C24H24N4O2S. The summed E-state index contributed by atoms with van der Waals surface area (Å²) in [6, 6.07) is 14.4. The number of carbonyl (C=O) groups is 1. The van der Waals surface area contributed by atoms with Crippen LogP contribution in [0.1, 0.15) is 39.7 Å². The number of aromatic nitrogens is 3. The molecule has 2 aromatic carbocycles. The van der Waals surface area contributed by atoms with E-state index < -0.39 is 0 Å². The van der Waals surface area contributed by atoms with E-state index in [2.05, 4.69) is 20.7 Å². The second-order valence-electron chi connectivity index (χ2n) is 7.46. The van der Waals surface area contributed by atoms with Crippen molar-refractivity contribution in [2.24, 2.45) is 0 Å². The summed E-state index contributed by atoms with van der Waals surface area (Å²) in [7, 11) is 0. The van der Waals surface area contributed by atoms with Gasteiger partial charge in [-0.15, -0.1) is 11.3 Å². The molecule has 0 fully saturated rings.